The number of carbonyl (C=O) groups is 1. The minimum atomic E-state index is -0.413. The van der Waals surface area contributed by atoms with Gasteiger partial charge in [-0.15, -0.1) is 0 Å². The lowest BCUT2D eigenvalue weighted by Gasteiger charge is -2.31. The number of nitrogens with two attached hydrogens (primary N) is 1. The molecule has 2 amide bonds. The Bertz CT molecular complexity index is 920. The fourth-order valence-corrected chi connectivity index (χ4v) is 3.30. The number of urea groups is 1. The van der Waals surface area contributed by atoms with Gasteiger partial charge in [0, 0.05) is 30.6 Å². The number of imidazole rings is 1. The predicted octanol–water partition coefficient (Wildman–Crippen LogP) is 0.991. The lowest BCUT2D eigenvalue weighted by Crippen LogP contribution is -2.42. The van der Waals surface area contributed by atoms with E-state index in [1.165, 1.54) is 0 Å². The molecule has 114 valence electrons. The first-order valence-electron chi connectivity index (χ1n) is 7.27. The fourth-order valence-electron chi connectivity index (χ4n) is 3.30. The van der Waals surface area contributed by atoms with E-state index in [0.717, 1.165) is 35.1 Å². The van der Waals surface area contributed by atoms with Gasteiger partial charge in [0.15, 0.2) is 0 Å². The van der Waals surface area contributed by atoms with Crippen molar-refractivity contribution in [2.45, 2.75) is 18.8 Å². The Balaban J connectivity index is 1.89. The van der Waals surface area contributed by atoms with Gasteiger partial charge in [-0.3, -0.25) is 0 Å². The van der Waals surface area contributed by atoms with Crippen molar-refractivity contribution in [3.63, 3.8) is 0 Å². The van der Waals surface area contributed by atoms with Crippen LogP contribution < -0.4 is 11.4 Å². The predicted molar refractivity (Wildman–Crippen MR) is 81.7 cm³/mol. The van der Waals surface area contributed by atoms with E-state index in [1.54, 1.807) is 11.1 Å². The number of amides is 2. The number of pyridine rings is 1. The van der Waals surface area contributed by atoms with E-state index in [-0.39, 0.29) is 11.6 Å². The summed E-state index contributed by atoms with van der Waals surface area (Å²) in [6.45, 7) is 1.19. The molecule has 1 saturated heterocycles. The number of fused-ring (bicyclic) bond motifs is 3. The zero-order chi connectivity index (χ0) is 15.3. The Morgan fingerprint density at radius 2 is 2.18 bits per heavy atom. The van der Waals surface area contributed by atoms with Gasteiger partial charge in [-0.1, -0.05) is 0 Å². The molecule has 1 fully saturated rings. The highest BCUT2D eigenvalue weighted by Crippen LogP contribution is 2.31. The summed E-state index contributed by atoms with van der Waals surface area (Å²) in [6, 6.07) is 1.47. The van der Waals surface area contributed by atoms with Gasteiger partial charge in [0.2, 0.25) is 0 Å². The first-order chi connectivity index (χ1) is 10.6. The van der Waals surface area contributed by atoms with Gasteiger partial charge >= 0.3 is 11.7 Å². The van der Waals surface area contributed by atoms with Crippen molar-refractivity contribution in [2.24, 2.45) is 5.73 Å². The summed E-state index contributed by atoms with van der Waals surface area (Å²) >= 11 is 0. The van der Waals surface area contributed by atoms with Crippen LogP contribution in [0.15, 0.2) is 17.1 Å². The molecule has 1 aliphatic heterocycles. The minimum Gasteiger partial charge on any atom is -0.351 e. The summed E-state index contributed by atoms with van der Waals surface area (Å²) in [4.78, 5) is 38.2. The number of aromatic nitrogens is 4. The van der Waals surface area contributed by atoms with Gasteiger partial charge in [-0.2, -0.15) is 0 Å². The van der Waals surface area contributed by atoms with Crippen LogP contribution in [0.4, 0.5) is 4.79 Å². The molecule has 1 aliphatic rings. The molecule has 0 radical (unpaired) electrons. The third-order valence-electron chi connectivity index (χ3n) is 4.33. The quantitative estimate of drug-likeness (QED) is 0.535. The van der Waals surface area contributed by atoms with Gasteiger partial charge in [-0.05, 0) is 18.9 Å². The second-order valence-electron chi connectivity index (χ2n) is 5.69. The van der Waals surface area contributed by atoms with Crippen LogP contribution in [-0.2, 0) is 0 Å². The number of piperidine rings is 1. The Labute approximate surface area is 124 Å². The van der Waals surface area contributed by atoms with Crippen molar-refractivity contribution in [3.05, 3.63) is 28.4 Å². The third-order valence-corrected chi connectivity index (χ3v) is 4.33. The normalized spacial score (nSPS) is 19.1. The molecule has 3 aromatic rings. The minimum absolute atomic E-state index is 0.0582. The van der Waals surface area contributed by atoms with E-state index in [2.05, 4.69) is 19.9 Å². The molecule has 0 bridgehead atoms. The SMILES string of the molecule is NC(=O)N1CCC[C@@H](c2nc3[nH]ccc3c3[nH]c(=O)[nH]c23)C1. The smallest absolute Gasteiger partial charge is 0.323 e. The summed E-state index contributed by atoms with van der Waals surface area (Å²) in [5, 5.41) is 0.875. The van der Waals surface area contributed by atoms with E-state index >= 15 is 0 Å². The average Bonchev–Trinajstić information content (AvgIpc) is 3.11. The van der Waals surface area contributed by atoms with Crippen molar-refractivity contribution in [1.29, 1.82) is 0 Å². The van der Waals surface area contributed by atoms with Gasteiger partial charge in [0.25, 0.3) is 0 Å². The highest BCUT2D eigenvalue weighted by molar-refractivity contribution is 6.01. The second kappa shape index (κ2) is 4.62. The van der Waals surface area contributed by atoms with Gasteiger partial charge in [0.05, 0.1) is 16.7 Å². The van der Waals surface area contributed by atoms with E-state index in [1.807, 2.05) is 6.07 Å². The van der Waals surface area contributed by atoms with Crippen molar-refractivity contribution in [2.75, 3.05) is 13.1 Å². The number of nitrogens with zero attached hydrogens (tertiary/aromatic N) is 2. The second-order valence-corrected chi connectivity index (χ2v) is 5.69. The van der Waals surface area contributed by atoms with E-state index in [4.69, 9.17) is 5.73 Å². The van der Waals surface area contributed by atoms with Crippen molar-refractivity contribution < 1.29 is 4.79 Å². The van der Waals surface area contributed by atoms with Crippen LogP contribution in [0, 0.1) is 0 Å². The largest absolute Gasteiger partial charge is 0.351 e. The lowest BCUT2D eigenvalue weighted by atomic mass is 9.93. The number of H-pyrrole nitrogens is 3. The zero-order valence-corrected chi connectivity index (χ0v) is 11.8. The first kappa shape index (κ1) is 12.9. The van der Waals surface area contributed by atoms with Gasteiger partial charge in [0.1, 0.15) is 5.65 Å². The van der Waals surface area contributed by atoms with E-state index in [0.29, 0.717) is 18.6 Å². The lowest BCUT2D eigenvalue weighted by molar-refractivity contribution is 0.188. The van der Waals surface area contributed by atoms with Crippen LogP contribution in [0.2, 0.25) is 0 Å². The van der Waals surface area contributed by atoms with Crippen LogP contribution >= 0.6 is 0 Å². The number of carbonyl (C=O) groups excluding carboxylic acids is 1. The Morgan fingerprint density at radius 3 is 3.00 bits per heavy atom. The van der Waals surface area contributed by atoms with Crippen LogP contribution in [-0.4, -0.2) is 44.0 Å². The average molecular weight is 300 g/mol. The molecule has 5 N–H and O–H groups in total. The van der Waals surface area contributed by atoms with Crippen LogP contribution in [0.5, 0.6) is 0 Å². The van der Waals surface area contributed by atoms with E-state index < -0.39 is 6.03 Å². The summed E-state index contributed by atoms with van der Waals surface area (Å²) in [5.74, 6) is 0.0582. The molecule has 22 heavy (non-hydrogen) atoms. The molecule has 1 atom stereocenters. The number of rotatable bonds is 1. The van der Waals surface area contributed by atoms with Crippen molar-refractivity contribution in [1.82, 2.24) is 24.8 Å². The van der Waals surface area contributed by atoms with Crippen LogP contribution in [0.25, 0.3) is 22.1 Å². The highest BCUT2D eigenvalue weighted by atomic mass is 16.2. The molecule has 3 aromatic heterocycles. The summed E-state index contributed by atoms with van der Waals surface area (Å²) in [7, 11) is 0. The Kier molecular flexibility index (Phi) is 2.72. The maximum absolute atomic E-state index is 11.7. The summed E-state index contributed by atoms with van der Waals surface area (Å²) in [5.41, 5.74) is 8.14. The highest BCUT2D eigenvalue weighted by Gasteiger charge is 2.27. The molecule has 0 aromatic carbocycles. The number of hydrogen-bond acceptors (Lipinski definition) is 3. The van der Waals surface area contributed by atoms with Crippen LogP contribution in [0.3, 0.4) is 0 Å². The molecule has 0 aliphatic carbocycles. The number of hydrogen-bond donors (Lipinski definition) is 4. The third kappa shape index (κ3) is 1.87. The summed E-state index contributed by atoms with van der Waals surface area (Å²) < 4.78 is 0. The standard InChI is InChI=1S/C14H16N6O2/c15-13(21)20-5-1-2-7(6-20)9-11-10(18-14(22)19-11)8-3-4-16-12(8)17-9/h3-4,7H,1-2,5-6H2,(H2,15,21)(H,16,17)(H2,18,19,22)/t7-/m1/s1. The topological polar surface area (TPSA) is 124 Å². The molecule has 0 spiro atoms. The molecule has 8 heteroatoms. The molecule has 8 nitrogen and oxygen atoms in total. The Morgan fingerprint density at radius 1 is 1.36 bits per heavy atom. The summed E-state index contributed by atoms with van der Waals surface area (Å²) in [6.07, 6.45) is 3.57. The molecular weight excluding hydrogens is 284 g/mol. The number of likely N-dealkylation sites (tertiary alicyclic amines) is 1. The van der Waals surface area contributed by atoms with Gasteiger partial charge < -0.3 is 25.6 Å². The first-order valence-corrected chi connectivity index (χ1v) is 7.27. The fraction of sp³-hybridized carbons (Fsp3) is 0.357. The number of aromatic amines is 3. The van der Waals surface area contributed by atoms with Gasteiger partial charge in [-0.25, -0.2) is 14.6 Å². The maximum atomic E-state index is 11.7. The molecule has 4 heterocycles. The van der Waals surface area contributed by atoms with Crippen molar-refractivity contribution in [3.8, 4) is 0 Å². The molecule has 4 rings (SSSR count). The monoisotopic (exact) mass is 300 g/mol. The number of nitrogens with one attached hydrogen (secondary N) is 3. The molecular formula is C14H16N6O2. The Hall–Kier alpha value is -2.77. The van der Waals surface area contributed by atoms with E-state index in [9.17, 15) is 9.59 Å². The number of primary amides is 1. The van der Waals surface area contributed by atoms with Crippen LogP contribution in [0.1, 0.15) is 24.5 Å². The zero-order valence-electron chi connectivity index (χ0n) is 11.8. The molecule has 0 saturated carbocycles. The maximum Gasteiger partial charge on any atom is 0.323 e. The van der Waals surface area contributed by atoms with Crippen molar-refractivity contribution >= 4 is 28.1 Å². The molecule has 0 unspecified atom stereocenters.